The standard InChI is InChI=1S/C112H120N8O12/c121-105-69-106(122)98-66-100-95(27-15-63-131-91-57-49-87(50-58-91)119-115-83-41-33-79(34-42-83)75-21-9-3-10-22-75)102(110(126)71-108(100)124)68-104-96(28-16-64-132-92-59-51-88(52-60-92)120-116-84-43-35-80(36-44-84)76-23-11-4-12-24-76)103(111(127)72-112(104)128)67-101-94(26-14-62-130-90-55-47-86(48-56-90)118-114-82-39-31-78(32-40-82)74-19-7-2-8-20-74)99(107(123)70-109(101)125)65-97(105)93(98)25-13-61-129-89-53-45-85(46-54-89)117-113-81-37-29-77(30-38-81)73-17-5-1-6-18-73/h29-60,69-76,121-128H,1-28,61-68H2. The second-order valence-electron chi connectivity index (χ2n) is 36.4. The van der Waals surface area contributed by atoms with Crippen molar-refractivity contribution < 1.29 is 59.8 Å². The van der Waals surface area contributed by atoms with Gasteiger partial charge in [0.2, 0.25) is 0 Å². The van der Waals surface area contributed by atoms with E-state index in [1.165, 1.54) is 175 Å². The molecule has 0 aromatic heterocycles. The molecule has 0 unspecified atom stereocenters. The maximum absolute atomic E-state index is 12.6. The van der Waals surface area contributed by atoms with Crippen LogP contribution < -0.4 is 18.9 Å². The molecule has 8 bridgehead atoms. The van der Waals surface area contributed by atoms with Gasteiger partial charge in [0, 0.05) is 94.5 Å². The van der Waals surface area contributed by atoms with Crippen LogP contribution in [0.2, 0.25) is 0 Å². The summed E-state index contributed by atoms with van der Waals surface area (Å²) in [7, 11) is 0. The second-order valence-corrected chi connectivity index (χ2v) is 36.4. The van der Waals surface area contributed by atoms with E-state index in [2.05, 4.69) is 89.4 Å². The molecule has 4 fully saturated rings. The lowest BCUT2D eigenvalue weighted by molar-refractivity contribution is 0.310. The van der Waals surface area contributed by atoms with Crippen LogP contribution in [-0.2, 0) is 51.4 Å². The van der Waals surface area contributed by atoms with Gasteiger partial charge in [0.15, 0.2) is 0 Å². The summed E-state index contributed by atoms with van der Waals surface area (Å²) in [5, 5.41) is 137. The first-order valence-corrected chi connectivity index (χ1v) is 47.9. The summed E-state index contributed by atoms with van der Waals surface area (Å²) >= 11 is 0. The third-order valence-electron chi connectivity index (χ3n) is 27.6. The van der Waals surface area contributed by atoms with E-state index in [4.69, 9.17) is 18.9 Å². The number of hydrogen-bond donors (Lipinski definition) is 8. The molecule has 0 heterocycles. The van der Waals surface area contributed by atoms with Gasteiger partial charge in [0.05, 0.1) is 71.9 Å². The van der Waals surface area contributed by atoms with Crippen LogP contribution in [-0.4, -0.2) is 67.3 Å². The second kappa shape index (κ2) is 44.0. The van der Waals surface area contributed by atoms with Crippen LogP contribution in [0, 0.1) is 0 Å². The highest BCUT2D eigenvalue weighted by molar-refractivity contribution is 5.66. The Morgan fingerprint density at radius 2 is 0.348 bits per heavy atom. The van der Waals surface area contributed by atoms with Gasteiger partial charge in [-0.05, 0) is 317 Å². The molecular formula is C112H120N8O12. The molecule has 12 aromatic rings. The molecule has 0 spiro atoms. The number of hydrogen-bond acceptors (Lipinski definition) is 20. The van der Waals surface area contributed by atoms with Crippen LogP contribution in [0.3, 0.4) is 0 Å². The number of phenolic OH excluding ortho intramolecular Hbond substituents is 8. The highest BCUT2D eigenvalue weighted by Gasteiger charge is 2.31. The van der Waals surface area contributed by atoms with E-state index in [-0.39, 0.29) is 124 Å². The Morgan fingerprint density at radius 3 is 0.508 bits per heavy atom. The van der Waals surface area contributed by atoms with Gasteiger partial charge in [-0.15, -0.1) is 0 Å². The monoisotopic (exact) mass is 1770 g/mol. The Labute approximate surface area is 773 Å². The number of azo groups is 4. The largest absolute Gasteiger partial charge is 0.508 e. The van der Waals surface area contributed by atoms with E-state index in [0.717, 1.165) is 22.7 Å². The van der Waals surface area contributed by atoms with Crippen molar-refractivity contribution in [3.8, 4) is 69.0 Å². The van der Waals surface area contributed by atoms with E-state index in [9.17, 15) is 40.9 Å². The van der Waals surface area contributed by atoms with Crippen molar-refractivity contribution in [2.45, 2.75) is 229 Å². The first kappa shape index (κ1) is 90.6. The van der Waals surface area contributed by atoms with Gasteiger partial charge < -0.3 is 59.8 Å². The van der Waals surface area contributed by atoms with Gasteiger partial charge in [-0.1, -0.05) is 126 Å². The van der Waals surface area contributed by atoms with Gasteiger partial charge >= 0.3 is 0 Å². The number of ether oxygens (including phenoxy) is 4. The lowest BCUT2D eigenvalue weighted by Crippen LogP contribution is -2.13. The summed E-state index contributed by atoms with van der Waals surface area (Å²) in [5.41, 5.74) is 16.0. The van der Waals surface area contributed by atoms with Crippen LogP contribution in [0.25, 0.3) is 0 Å². The molecule has 12 aromatic carbocycles. The van der Waals surface area contributed by atoms with Crippen molar-refractivity contribution >= 4 is 45.5 Å². The minimum absolute atomic E-state index is 0.129. The van der Waals surface area contributed by atoms with Gasteiger partial charge in [-0.3, -0.25) is 0 Å². The van der Waals surface area contributed by atoms with Gasteiger partial charge in [-0.25, -0.2) is 0 Å². The van der Waals surface area contributed by atoms with Crippen molar-refractivity contribution in [3.63, 3.8) is 0 Å². The zero-order valence-electron chi connectivity index (χ0n) is 75.3. The molecule has 4 saturated carbocycles. The van der Waals surface area contributed by atoms with Crippen molar-refractivity contribution in [1.29, 1.82) is 0 Å². The molecule has 17 rings (SSSR count). The summed E-state index contributed by atoms with van der Waals surface area (Å²) in [4.78, 5) is 0. The number of benzene rings is 12. The van der Waals surface area contributed by atoms with Crippen molar-refractivity contribution in [2.24, 2.45) is 40.9 Å². The average Bonchev–Trinajstić information content (AvgIpc) is 0.752. The summed E-state index contributed by atoms with van der Waals surface area (Å²) in [6, 6.07) is 68.2. The maximum Gasteiger partial charge on any atom is 0.123 e. The van der Waals surface area contributed by atoms with Gasteiger partial charge in [0.1, 0.15) is 69.0 Å². The first-order valence-electron chi connectivity index (χ1n) is 47.9. The van der Waals surface area contributed by atoms with Crippen LogP contribution in [0.5, 0.6) is 69.0 Å². The SMILES string of the molecule is Oc1cc(O)c2c(CCCOc3ccc(N=Nc4ccc(C5CCCCC5)cc4)cc3)c1Cc1c(O)cc(O)c(c1CCCOc1ccc(N=Nc3ccc(C4CCCCC4)cc3)cc1)Cc1c(O)cc(O)c(c1CCCOc1ccc(N=Nc3ccc(C4CCCCC4)cc3)cc1)Cc1c(O)cc(O)c(c1CCCOc1ccc(N=Nc3ccc(C4CCCCC4)cc3)cc1)C2. The summed E-state index contributed by atoms with van der Waals surface area (Å²) in [6.07, 6.45) is 26.7. The van der Waals surface area contributed by atoms with Crippen LogP contribution >= 0.6 is 0 Å². The Balaban J connectivity index is 0.678. The predicted octanol–water partition coefficient (Wildman–Crippen LogP) is 29.9. The first-order chi connectivity index (χ1) is 64.7. The molecule has 5 aliphatic rings. The third-order valence-corrected chi connectivity index (χ3v) is 27.6. The molecule has 20 nitrogen and oxygen atoms in total. The average molecular weight is 1770 g/mol. The highest BCUT2D eigenvalue weighted by atomic mass is 16.5. The van der Waals surface area contributed by atoms with E-state index >= 15 is 0 Å². The lowest BCUT2D eigenvalue weighted by atomic mass is 9.81. The fraction of sp³-hybridized carbons (Fsp3) is 0.357. The molecule has 0 radical (unpaired) electrons. The normalized spacial score (nSPS) is 15.5. The minimum atomic E-state index is -0.266. The molecule has 680 valence electrons. The van der Waals surface area contributed by atoms with Crippen LogP contribution in [0.4, 0.5) is 45.5 Å². The summed E-state index contributed by atoms with van der Waals surface area (Å²) in [5.74, 6) is 2.54. The number of aromatic hydroxyl groups is 8. The Morgan fingerprint density at radius 1 is 0.197 bits per heavy atom. The number of fused-ring (bicyclic) bond motifs is 8. The number of rotatable bonds is 32. The van der Waals surface area contributed by atoms with Gasteiger partial charge in [0.25, 0.3) is 0 Å². The summed E-state index contributed by atoms with van der Waals surface area (Å²) < 4.78 is 25.9. The topological polar surface area (TPSA) is 298 Å². The molecule has 0 amide bonds. The molecule has 0 saturated heterocycles. The summed E-state index contributed by atoms with van der Waals surface area (Å²) in [6.45, 7) is 0.731. The quantitative estimate of drug-likeness (QED) is 0.0144. The van der Waals surface area contributed by atoms with E-state index in [0.29, 0.717) is 162 Å². The molecule has 0 aliphatic heterocycles. The molecule has 8 N–H and O–H groups in total. The Hall–Kier alpha value is -13.4. The maximum atomic E-state index is 12.6. The number of nitrogens with zero attached hydrogens (tertiary/aromatic N) is 8. The van der Waals surface area contributed by atoms with Crippen molar-refractivity contribution in [1.82, 2.24) is 0 Å². The smallest absolute Gasteiger partial charge is 0.123 e. The van der Waals surface area contributed by atoms with E-state index < -0.39 is 0 Å². The highest BCUT2D eigenvalue weighted by Crippen LogP contribution is 2.49. The van der Waals surface area contributed by atoms with E-state index in [1.54, 1.807) is 0 Å². The Kier molecular flexibility index (Phi) is 30.2. The lowest BCUT2D eigenvalue weighted by Gasteiger charge is -2.26. The third kappa shape index (κ3) is 23.3. The van der Waals surface area contributed by atoms with Gasteiger partial charge in [-0.2, -0.15) is 40.9 Å². The fourth-order valence-electron chi connectivity index (χ4n) is 20.3. The number of phenols is 8. The molecule has 5 aliphatic carbocycles. The molecule has 132 heavy (non-hydrogen) atoms. The predicted molar refractivity (Wildman–Crippen MR) is 517 cm³/mol. The molecule has 20 heteroatoms. The van der Waals surface area contributed by atoms with Crippen LogP contribution in [0.15, 0.2) is 259 Å². The zero-order valence-corrected chi connectivity index (χ0v) is 75.3. The van der Waals surface area contributed by atoms with E-state index in [1.807, 2.05) is 146 Å². The van der Waals surface area contributed by atoms with Crippen molar-refractivity contribution in [3.05, 3.63) is 307 Å². The molecular weight excluding hydrogens is 1650 g/mol. The van der Waals surface area contributed by atoms with Crippen LogP contribution in [0.1, 0.15) is 267 Å². The molecule has 0 atom stereocenters. The Bertz CT molecular complexity index is 5160. The minimum Gasteiger partial charge on any atom is -0.508 e. The van der Waals surface area contributed by atoms with Crippen molar-refractivity contribution in [2.75, 3.05) is 26.4 Å². The zero-order chi connectivity index (χ0) is 90.5. The fourth-order valence-corrected chi connectivity index (χ4v) is 20.3.